The monoisotopic (exact) mass is 758 g/mol. The molecule has 1 unspecified atom stereocenters. The van der Waals surface area contributed by atoms with Crippen LogP contribution in [0.2, 0.25) is 0 Å². The van der Waals surface area contributed by atoms with Crippen molar-refractivity contribution in [3.8, 4) is 5.75 Å². The van der Waals surface area contributed by atoms with Gasteiger partial charge in [0.2, 0.25) is 5.78 Å². The van der Waals surface area contributed by atoms with Crippen LogP contribution in [-0.4, -0.2) is 89.5 Å². The van der Waals surface area contributed by atoms with Crippen LogP contribution in [0.4, 0.5) is 9.18 Å². The number of alkyl halides is 1. The highest BCUT2D eigenvalue weighted by Crippen LogP contribution is 2.70. The first-order chi connectivity index (χ1) is 25.4. The van der Waals surface area contributed by atoms with Crippen molar-refractivity contribution in [1.82, 2.24) is 0 Å². The van der Waals surface area contributed by atoms with E-state index in [2.05, 4.69) is 4.84 Å². The lowest BCUT2D eigenvalue weighted by atomic mass is 9.46. The van der Waals surface area contributed by atoms with E-state index in [1.165, 1.54) is 24.3 Å². The molecule has 3 saturated carbocycles. The molecule has 15 nitrogen and oxygen atoms in total. The molecule has 1 aliphatic heterocycles. The SMILES string of the molecule is CC1(C)O[C@@H]2C[C@H]3[C@@H]4C[C@H](F)C5=CC(=O)C=C[C@]5(C)[C@H]4[C@@H](O)C[C@]3(C)[C@]2(C(=O)COC(=O)Oc2ccc(CC(N)C(=O)OCCCCO[N+](=O)[O-])cc2)O1. The Hall–Kier alpha value is -4.25. The molecule has 1 aromatic rings. The molecule has 294 valence electrons. The minimum absolute atomic E-state index is 0.0337. The van der Waals surface area contributed by atoms with Crippen LogP contribution < -0.4 is 10.5 Å². The van der Waals surface area contributed by atoms with Gasteiger partial charge >= 0.3 is 12.1 Å². The number of hydrogen-bond donors (Lipinski definition) is 2. The molecule has 3 N–H and O–H groups in total. The Bertz CT molecular complexity index is 1730. The predicted octanol–water partition coefficient (Wildman–Crippen LogP) is 3.90. The Morgan fingerprint density at radius 3 is 2.50 bits per heavy atom. The molecule has 4 aliphatic carbocycles. The van der Waals surface area contributed by atoms with E-state index in [9.17, 15) is 34.4 Å². The van der Waals surface area contributed by atoms with Crippen molar-refractivity contribution in [3.63, 3.8) is 0 Å². The molecular formula is C38H47FN2O13. The first-order valence-electron chi connectivity index (χ1n) is 18.2. The summed E-state index contributed by atoms with van der Waals surface area (Å²) in [5.74, 6) is -3.60. The van der Waals surface area contributed by atoms with Crippen molar-refractivity contribution in [2.24, 2.45) is 34.3 Å². The van der Waals surface area contributed by atoms with E-state index >= 15 is 4.39 Å². The number of nitrogens with two attached hydrogens (primary N) is 1. The average Bonchev–Trinajstić information content (AvgIpc) is 3.51. The molecule has 10 atom stereocenters. The molecule has 1 heterocycles. The number of unbranched alkanes of at least 4 members (excludes halogenated alkanes) is 1. The van der Waals surface area contributed by atoms with Gasteiger partial charge in [0.15, 0.2) is 23.8 Å². The summed E-state index contributed by atoms with van der Waals surface area (Å²) in [5.41, 5.74) is 3.48. The summed E-state index contributed by atoms with van der Waals surface area (Å²) in [6.07, 6.45) is 1.62. The zero-order chi connectivity index (χ0) is 39.2. The second-order valence-electron chi connectivity index (χ2n) is 15.8. The fraction of sp³-hybridized carbons (Fsp3) is 0.632. The van der Waals surface area contributed by atoms with Crippen molar-refractivity contribution in [1.29, 1.82) is 0 Å². The number of esters is 1. The number of Topliss-reactive ketones (excluding diaryl/α,β-unsaturated/α-hetero) is 1. The first-order valence-corrected chi connectivity index (χ1v) is 18.2. The summed E-state index contributed by atoms with van der Waals surface area (Å²) in [6.45, 7) is 6.33. The Kier molecular flexibility index (Phi) is 10.8. The number of aliphatic hydroxyl groups is 1. The van der Waals surface area contributed by atoms with E-state index in [-0.39, 0.29) is 55.8 Å². The van der Waals surface area contributed by atoms with Crippen molar-refractivity contribution in [3.05, 3.63) is 63.7 Å². The Morgan fingerprint density at radius 1 is 1.09 bits per heavy atom. The molecule has 16 heteroatoms. The summed E-state index contributed by atoms with van der Waals surface area (Å²) < 4.78 is 44.5. The number of fused-ring (bicyclic) bond motifs is 7. The summed E-state index contributed by atoms with van der Waals surface area (Å²) in [5, 5.41) is 21.1. The van der Waals surface area contributed by atoms with Crippen LogP contribution in [0.15, 0.2) is 48.1 Å². The smallest absolute Gasteiger partial charge is 0.465 e. The molecule has 1 saturated heterocycles. The summed E-state index contributed by atoms with van der Waals surface area (Å²) in [7, 11) is 0. The molecule has 0 aromatic heterocycles. The van der Waals surface area contributed by atoms with Gasteiger partial charge in [-0.1, -0.05) is 32.1 Å². The van der Waals surface area contributed by atoms with Gasteiger partial charge < -0.3 is 39.4 Å². The van der Waals surface area contributed by atoms with E-state index in [0.29, 0.717) is 30.4 Å². The van der Waals surface area contributed by atoms with E-state index in [0.717, 1.165) is 0 Å². The molecule has 0 bridgehead atoms. The highest BCUT2D eigenvalue weighted by Gasteiger charge is 2.77. The summed E-state index contributed by atoms with van der Waals surface area (Å²) in [4.78, 5) is 65.9. The van der Waals surface area contributed by atoms with Crippen LogP contribution in [0.25, 0.3) is 0 Å². The molecule has 1 aromatic carbocycles. The molecular weight excluding hydrogens is 711 g/mol. The van der Waals surface area contributed by atoms with Gasteiger partial charge in [0.05, 0.1) is 25.4 Å². The van der Waals surface area contributed by atoms with Crippen LogP contribution in [0.3, 0.4) is 0 Å². The fourth-order valence-corrected chi connectivity index (χ4v) is 9.94. The number of carbonyl (C=O) groups is 4. The van der Waals surface area contributed by atoms with E-state index in [4.69, 9.17) is 29.4 Å². The number of halogens is 1. The average molecular weight is 759 g/mol. The second-order valence-corrected chi connectivity index (χ2v) is 15.8. The fourth-order valence-electron chi connectivity index (χ4n) is 9.94. The van der Waals surface area contributed by atoms with Gasteiger partial charge in [0, 0.05) is 16.7 Å². The molecule has 4 fully saturated rings. The standard InChI is InChI=1S/C38H47FN2O13/c1-35(2)53-31-18-25-24-17-27(39)26-16-22(42)11-12-36(26,3)32(24)29(43)19-37(25,4)38(31,54-35)30(44)20-50-34(46)52-23-9-7-21(8-10-23)15-28(40)33(45)49-13-5-6-14-51-41(47)48/h7-12,16,24-25,27-29,31-32,43H,5-6,13-15,17-20,40H2,1-4H3/t24-,25-,27-,28?,29-,31+,32+,36-,37-,38+/m0/s1. The third-order valence-corrected chi connectivity index (χ3v) is 12.1. The van der Waals surface area contributed by atoms with Crippen LogP contribution >= 0.6 is 0 Å². The highest BCUT2D eigenvalue weighted by molar-refractivity contribution is 6.01. The number of allylic oxidation sites excluding steroid dienone is 4. The number of carbonyl (C=O) groups excluding carboxylic acids is 4. The summed E-state index contributed by atoms with van der Waals surface area (Å²) >= 11 is 0. The highest BCUT2D eigenvalue weighted by atomic mass is 19.1. The Labute approximate surface area is 311 Å². The van der Waals surface area contributed by atoms with Gasteiger partial charge in [-0.2, -0.15) is 0 Å². The topological polar surface area (TPSA) is 213 Å². The normalized spacial score (nSPS) is 35.0. The quantitative estimate of drug-likeness (QED) is 0.0961. The molecule has 6 rings (SSSR count). The molecule has 5 aliphatic rings. The lowest BCUT2D eigenvalue weighted by molar-refractivity contribution is -0.757. The number of ketones is 2. The number of hydrogen-bond acceptors (Lipinski definition) is 14. The van der Waals surface area contributed by atoms with Crippen molar-refractivity contribution < 1.29 is 62.3 Å². The lowest BCUT2D eigenvalue weighted by Gasteiger charge is -2.60. The lowest BCUT2D eigenvalue weighted by Crippen LogP contribution is -2.64. The number of ether oxygens (including phenoxy) is 5. The van der Waals surface area contributed by atoms with Crippen LogP contribution in [0, 0.1) is 38.7 Å². The van der Waals surface area contributed by atoms with Crippen LogP contribution in [0.1, 0.15) is 65.4 Å². The van der Waals surface area contributed by atoms with Gasteiger partial charge in [-0.15, -0.1) is 10.1 Å². The maximum atomic E-state index is 15.9. The predicted molar refractivity (Wildman–Crippen MR) is 185 cm³/mol. The van der Waals surface area contributed by atoms with Crippen molar-refractivity contribution in [2.75, 3.05) is 19.8 Å². The third kappa shape index (κ3) is 7.16. The maximum Gasteiger partial charge on any atom is 0.514 e. The maximum absolute atomic E-state index is 15.9. The minimum atomic E-state index is -1.61. The zero-order valence-corrected chi connectivity index (χ0v) is 30.7. The Morgan fingerprint density at radius 2 is 1.80 bits per heavy atom. The molecule has 0 radical (unpaired) electrons. The minimum Gasteiger partial charge on any atom is -0.465 e. The van der Waals surface area contributed by atoms with Gasteiger partial charge in [0.1, 0.15) is 18.0 Å². The number of nitrogens with zero attached hydrogens (tertiary/aromatic N) is 1. The van der Waals surface area contributed by atoms with E-state index in [1.807, 2.05) is 13.8 Å². The van der Waals surface area contributed by atoms with Gasteiger partial charge in [0.25, 0.3) is 5.09 Å². The van der Waals surface area contributed by atoms with Crippen LogP contribution in [-0.2, 0) is 44.6 Å². The summed E-state index contributed by atoms with van der Waals surface area (Å²) in [6, 6.07) is 5.16. The first kappa shape index (κ1) is 39.4. The van der Waals surface area contributed by atoms with Gasteiger partial charge in [-0.05, 0) is 99.6 Å². The zero-order valence-electron chi connectivity index (χ0n) is 30.7. The second kappa shape index (κ2) is 14.8. The van der Waals surface area contributed by atoms with Crippen molar-refractivity contribution in [2.45, 2.75) is 102 Å². The molecule has 0 amide bonds. The molecule has 0 spiro atoms. The van der Waals surface area contributed by atoms with Gasteiger partial charge in [-0.3, -0.25) is 14.4 Å². The number of rotatable bonds is 13. The molecule has 54 heavy (non-hydrogen) atoms. The Balaban J connectivity index is 1.07. The van der Waals surface area contributed by atoms with E-state index < -0.39 is 82.2 Å². The van der Waals surface area contributed by atoms with Gasteiger partial charge in [-0.25, -0.2) is 9.18 Å². The van der Waals surface area contributed by atoms with Crippen LogP contribution in [0.5, 0.6) is 5.75 Å². The third-order valence-electron chi connectivity index (χ3n) is 12.1. The van der Waals surface area contributed by atoms with E-state index in [1.54, 1.807) is 32.1 Å². The van der Waals surface area contributed by atoms with Crippen molar-refractivity contribution >= 4 is 23.7 Å². The largest absolute Gasteiger partial charge is 0.514 e. The number of benzene rings is 1. The number of aliphatic hydroxyl groups excluding tert-OH is 1.